The van der Waals surface area contributed by atoms with E-state index < -0.39 is 147 Å². The largest absolute Gasteiger partial charge is 0.479 e. The van der Waals surface area contributed by atoms with Gasteiger partial charge in [-0.3, -0.25) is 0 Å². The Labute approximate surface area is 277 Å². The lowest BCUT2D eigenvalue weighted by atomic mass is 9.95. The van der Waals surface area contributed by atoms with Crippen LogP contribution >= 0.6 is 0 Å². The predicted molar refractivity (Wildman–Crippen MR) is 141 cm³/mol. The maximum atomic E-state index is 12.1. The standard InChI is InChI=1S/C25H36O25/c1-43-10-3(27)7(31)23(48-14(10)18(34)35)46-12-5(29)9(33)25(50-16(12)20(38)39)47-13-4(28)8(32)24(49-17(13)21(40)41)45-11-2(26)6(30)22(42)44-15(11)19(36)37/h2-17,22-33,42H,1H3,(H,34,35)(H,36,37)(H,38,39)(H,40,41)/t2?,3-,4?,5?,6?,7?,8+,9?,10-,11-,12-,13-,14?,15+,16?,17?,22+,23+,24+,25+/m0/s1. The van der Waals surface area contributed by atoms with Gasteiger partial charge in [-0.25, -0.2) is 19.2 Å². The highest BCUT2D eigenvalue weighted by atomic mass is 16.8. The summed E-state index contributed by atoms with van der Waals surface area (Å²) in [6, 6.07) is 0. The van der Waals surface area contributed by atoms with Crippen LogP contribution in [-0.2, 0) is 57.1 Å². The summed E-state index contributed by atoms with van der Waals surface area (Å²) in [5.74, 6) is -7.45. The number of hydrogen-bond acceptors (Lipinski definition) is 21. The van der Waals surface area contributed by atoms with Crippen LogP contribution in [0.2, 0.25) is 0 Å². The fourth-order valence-corrected chi connectivity index (χ4v) is 5.68. The minimum atomic E-state index is -2.42. The average Bonchev–Trinajstić information content (AvgIpc) is 3.05. The zero-order chi connectivity index (χ0) is 37.5. The van der Waals surface area contributed by atoms with Crippen LogP contribution in [0.25, 0.3) is 0 Å². The van der Waals surface area contributed by atoms with Gasteiger partial charge in [0.2, 0.25) is 0 Å². The predicted octanol–water partition coefficient (Wildman–Crippen LogP) is -8.73. The monoisotopic (exact) mass is 736 g/mol. The van der Waals surface area contributed by atoms with Gasteiger partial charge in [-0.1, -0.05) is 0 Å². The molecule has 4 fully saturated rings. The van der Waals surface area contributed by atoms with Crippen LogP contribution < -0.4 is 0 Å². The maximum Gasteiger partial charge on any atom is 0.335 e. The second kappa shape index (κ2) is 15.8. The molecule has 0 spiro atoms. The van der Waals surface area contributed by atoms with Gasteiger partial charge in [0.05, 0.1) is 0 Å². The first-order chi connectivity index (χ1) is 23.3. The molecule has 0 saturated carbocycles. The molecule has 50 heavy (non-hydrogen) atoms. The molecule has 0 radical (unpaired) electrons. The Balaban J connectivity index is 1.51. The van der Waals surface area contributed by atoms with Crippen LogP contribution in [-0.4, -0.2) is 220 Å². The Morgan fingerprint density at radius 1 is 0.400 bits per heavy atom. The third-order valence-electron chi connectivity index (χ3n) is 8.32. The van der Waals surface area contributed by atoms with Gasteiger partial charge in [-0.05, 0) is 0 Å². The molecular weight excluding hydrogens is 700 g/mol. The third kappa shape index (κ3) is 7.68. The normalized spacial score (nSPS) is 48.4. The number of methoxy groups -OCH3 is 1. The van der Waals surface area contributed by atoms with Crippen molar-refractivity contribution in [2.75, 3.05) is 7.11 Å². The summed E-state index contributed by atoms with van der Waals surface area (Å²) in [4.78, 5) is 47.5. The molecule has 4 heterocycles. The quantitative estimate of drug-likeness (QED) is 0.0936. The zero-order valence-electron chi connectivity index (χ0n) is 25.3. The van der Waals surface area contributed by atoms with Gasteiger partial charge in [0.15, 0.2) is 49.6 Å². The van der Waals surface area contributed by atoms with E-state index in [4.69, 9.17) is 33.2 Å². The van der Waals surface area contributed by atoms with E-state index in [1.54, 1.807) is 0 Å². The first kappa shape index (κ1) is 40.0. The van der Waals surface area contributed by atoms with E-state index in [0.717, 1.165) is 7.11 Å². The lowest BCUT2D eigenvalue weighted by Crippen LogP contribution is -2.68. The SMILES string of the molecule is CO[C@@H]1C(C(=O)O)O[C@@H](O[C@@H]2C(C(=O)O)O[C@@H](O[C@@H]3C(C(=O)O)O[C@@H](O[C@H]4C(O)C(O)[C@H](O)O[C@H]4C(=O)O)[C@H](O)C3O)C(O)C2O)C(O)[C@@H]1O. The molecule has 25 heteroatoms. The van der Waals surface area contributed by atoms with E-state index in [1.165, 1.54) is 0 Å². The summed E-state index contributed by atoms with van der Waals surface area (Å²) < 4.78 is 40.6. The van der Waals surface area contributed by atoms with E-state index in [9.17, 15) is 85.6 Å². The van der Waals surface area contributed by atoms with Crippen molar-refractivity contribution < 1.29 is 123 Å². The molecule has 0 aromatic rings. The molecule has 0 bridgehead atoms. The lowest BCUT2D eigenvalue weighted by molar-refractivity contribution is -0.378. The Kier molecular flexibility index (Phi) is 12.7. The second-order valence-corrected chi connectivity index (χ2v) is 11.5. The summed E-state index contributed by atoms with van der Waals surface area (Å²) in [6.45, 7) is 0. The van der Waals surface area contributed by atoms with Gasteiger partial charge < -0.3 is 104 Å². The van der Waals surface area contributed by atoms with Crippen molar-refractivity contribution in [2.45, 2.75) is 123 Å². The minimum absolute atomic E-state index is 0.994. The van der Waals surface area contributed by atoms with Crippen molar-refractivity contribution in [3.8, 4) is 0 Å². The molecule has 4 rings (SSSR count). The van der Waals surface area contributed by atoms with Gasteiger partial charge in [0.25, 0.3) is 0 Å². The lowest BCUT2D eigenvalue weighted by Gasteiger charge is -2.47. The van der Waals surface area contributed by atoms with Gasteiger partial charge in [0, 0.05) is 7.11 Å². The van der Waals surface area contributed by atoms with E-state index in [-0.39, 0.29) is 0 Å². The van der Waals surface area contributed by atoms with Crippen LogP contribution in [0.5, 0.6) is 0 Å². The molecule has 20 atom stereocenters. The van der Waals surface area contributed by atoms with Crippen molar-refractivity contribution in [3.05, 3.63) is 0 Å². The highest BCUT2D eigenvalue weighted by Gasteiger charge is 2.58. The van der Waals surface area contributed by atoms with E-state index >= 15 is 0 Å². The van der Waals surface area contributed by atoms with Gasteiger partial charge in [-0.2, -0.15) is 0 Å². The van der Waals surface area contributed by atoms with E-state index in [0.29, 0.717) is 0 Å². The summed E-state index contributed by atoms with van der Waals surface area (Å²) in [5, 5.41) is 132. The molecule has 0 aliphatic carbocycles. The van der Waals surface area contributed by atoms with Crippen LogP contribution in [0.3, 0.4) is 0 Å². The molecular formula is C25H36O25. The smallest absolute Gasteiger partial charge is 0.335 e. The number of aliphatic hydroxyl groups excluding tert-OH is 9. The topological polar surface area (TPSA) is 405 Å². The highest BCUT2D eigenvalue weighted by molar-refractivity contribution is 5.75. The average molecular weight is 737 g/mol. The van der Waals surface area contributed by atoms with Crippen molar-refractivity contribution in [2.24, 2.45) is 0 Å². The Morgan fingerprint density at radius 3 is 0.960 bits per heavy atom. The molecule has 4 aliphatic rings. The minimum Gasteiger partial charge on any atom is -0.479 e. The van der Waals surface area contributed by atoms with Gasteiger partial charge in [0.1, 0.15) is 73.2 Å². The number of aliphatic carboxylic acids is 4. The molecule has 0 aromatic heterocycles. The van der Waals surface area contributed by atoms with E-state index in [2.05, 4.69) is 4.74 Å². The second-order valence-electron chi connectivity index (χ2n) is 11.5. The first-order valence-corrected chi connectivity index (χ1v) is 14.5. The number of ether oxygens (including phenoxy) is 8. The van der Waals surface area contributed by atoms with Crippen molar-refractivity contribution in [1.82, 2.24) is 0 Å². The number of hydrogen-bond donors (Lipinski definition) is 13. The Hall–Kier alpha value is -2.80. The highest BCUT2D eigenvalue weighted by Crippen LogP contribution is 2.34. The van der Waals surface area contributed by atoms with Gasteiger partial charge >= 0.3 is 23.9 Å². The molecule has 13 N–H and O–H groups in total. The maximum absolute atomic E-state index is 12.1. The zero-order valence-corrected chi connectivity index (χ0v) is 25.3. The summed E-state index contributed by atoms with van der Waals surface area (Å²) in [5.41, 5.74) is 0. The molecule has 4 aliphatic heterocycles. The van der Waals surface area contributed by atoms with E-state index in [1.807, 2.05) is 0 Å². The fourth-order valence-electron chi connectivity index (χ4n) is 5.68. The molecule has 25 nitrogen and oxygen atoms in total. The van der Waals surface area contributed by atoms with Crippen molar-refractivity contribution in [1.29, 1.82) is 0 Å². The number of carbonyl (C=O) groups is 4. The molecule has 4 saturated heterocycles. The van der Waals surface area contributed by atoms with Gasteiger partial charge in [-0.15, -0.1) is 0 Å². The molecule has 0 amide bonds. The summed E-state index contributed by atoms with van der Waals surface area (Å²) in [7, 11) is 0.994. The first-order valence-electron chi connectivity index (χ1n) is 14.5. The number of carboxylic acid groups (broad SMARTS) is 4. The van der Waals surface area contributed by atoms with Crippen LogP contribution in [0, 0.1) is 0 Å². The Bertz CT molecular complexity index is 1230. The van der Waals surface area contributed by atoms with Crippen LogP contribution in [0.1, 0.15) is 0 Å². The molecule has 0 aromatic carbocycles. The fraction of sp³-hybridized carbons (Fsp3) is 0.840. The third-order valence-corrected chi connectivity index (χ3v) is 8.32. The number of carboxylic acids is 4. The van der Waals surface area contributed by atoms with Crippen molar-refractivity contribution >= 4 is 23.9 Å². The Morgan fingerprint density at radius 2 is 0.660 bits per heavy atom. The number of rotatable bonds is 11. The number of aliphatic hydroxyl groups is 9. The molecule has 9 unspecified atom stereocenters. The van der Waals surface area contributed by atoms with Crippen LogP contribution in [0.15, 0.2) is 0 Å². The van der Waals surface area contributed by atoms with Crippen LogP contribution in [0.4, 0.5) is 0 Å². The molecule has 286 valence electrons. The van der Waals surface area contributed by atoms with Crippen molar-refractivity contribution in [3.63, 3.8) is 0 Å². The summed E-state index contributed by atoms with van der Waals surface area (Å²) in [6.07, 6.45) is -44.4. The summed E-state index contributed by atoms with van der Waals surface area (Å²) >= 11 is 0.